The quantitative estimate of drug-likeness (QED) is 0.292. The summed E-state index contributed by atoms with van der Waals surface area (Å²) in [5.74, 6) is -31.9. The van der Waals surface area contributed by atoms with Crippen LogP contribution in [0, 0.1) is 0 Å². The third-order valence-corrected chi connectivity index (χ3v) is 7.44. The van der Waals surface area contributed by atoms with Crippen LogP contribution in [0.25, 0.3) is 0 Å². The molecule has 0 aliphatic heterocycles. The van der Waals surface area contributed by atoms with Crippen molar-refractivity contribution in [1.82, 2.24) is 0 Å². The van der Waals surface area contributed by atoms with Crippen molar-refractivity contribution in [3.63, 3.8) is 0 Å². The van der Waals surface area contributed by atoms with E-state index in [2.05, 4.69) is 2.51 Å². The summed E-state index contributed by atoms with van der Waals surface area (Å²) in [5.41, 5.74) is 0. The standard InChI is InChI=1S/C7H4F13IO4S/c1-26(23,24)25-21(22)7(19,20)5(14,15)3(10,11)2(8,9)4(12,13)6(16,17)18/h22H,1H3. The molecule has 0 unspecified atom stereocenters. The van der Waals surface area contributed by atoms with Crippen LogP contribution in [0.2, 0.25) is 0 Å². The maximum absolute atomic E-state index is 13.2. The second-order valence-electron chi connectivity index (χ2n) is 4.29. The molecule has 1 N–H and O–H groups in total. The summed E-state index contributed by atoms with van der Waals surface area (Å²) in [6.07, 6.45) is -7.74. The average molecular weight is 558 g/mol. The fraction of sp³-hybridized carbons (Fsp3) is 1.00. The van der Waals surface area contributed by atoms with E-state index in [0.29, 0.717) is 0 Å². The molecule has 0 rings (SSSR count). The molecule has 0 fully saturated rings. The summed E-state index contributed by atoms with van der Waals surface area (Å²) in [7, 11) is -5.25. The third-order valence-electron chi connectivity index (χ3n) is 2.27. The van der Waals surface area contributed by atoms with Gasteiger partial charge in [0.25, 0.3) is 0 Å². The summed E-state index contributed by atoms with van der Waals surface area (Å²) in [5, 5.41) is 0. The number of hydrogen-bond donors (Lipinski definition) is 1. The molecule has 26 heavy (non-hydrogen) atoms. The van der Waals surface area contributed by atoms with E-state index in [0.717, 1.165) is 0 Å². The Hall–Kier alpha value is -0.310. The topological polar surface area (TPSA) is 63.6 Å². The van der Waals surface area contributed by atoms with Crippen LogP contribution in [0.15, 0.2) is 0 Å². The van der Waals surface area contributed by atoms with Gasteiger partial charge in [-0.15, -0.1) is 0 Å². The summed E-state index contributed by atoms with van der Waals surface area (Å²) < 4.78 is 190. The molecule has 0 saturated heterocycles. The predicted octanol–water partition coefficient (Wildman–Crippen LogP) is 3.99. The van der Waals surface area contributed by atoms with Crippen molar-refractivity contribution in [2.24, 2.45) is 0 Å². The Morgan fingerprint density at radius 1 is 0.692 bits per heavy atom. The van der Waals surface area contributed by atoms with Crippen molar-refractivity contribution in [1.29, 1.82) is 0 Å². The summed E-state index contributed by atoms with van der Waals surface area (Å²) in [6, 6.07) is 0. The van der Waals surface area contributed by atoms with Gasteiger partial charge in [-0.2, -0.15) is 0 Å². The van der Waals surface area contributed by atoms with Gasteiger partial charge in [-0.1, -0.05) is 0 Å². The Labute approximate surface area is 142 Å². The molecule has 0 aromatic heterocycles. The first-order chi connectivity index (χ1) is 10.9. The van der Waals surface area contributed by atoms with E-state index in [4.69, 9.17) is 3.44 Å². The molecule has 0 amide bonds. The summed E-state index contributed by atoms with van der Waals surface area (Å²) in [6.45, 7) is 0. The van der Waals surface area contributed by atoms with Crippen LogP contribution in [0.1, 0.15) is 0 Å². The molecule has 4 nitrogen and oxygen atoms in total. The molecule has 0 heterocycles. The van der Waals surface area contributed by atoms with E-state index in [9.17, 15) is 65.5 Å². The molecule has 0 saturated carbocycles. The molecule has 160 valence electrons. The molecule has 0 bridgehead atoms. The van der Waals surface area contributed by atoms with Gasteiger partial charge in [0, 0.05) is 0 Å². The van der Waals surface area contributed by atoms with E-state index >= 15 is 0 Å². The zero-order valence-electron chi connectivity index (χ0n) is 11.4. The molecule has 0 aromatic carbocycles. The van der Waals surface area contributed by atoms with Crippen LogP contribution >= 0.6 is 20.6 Å². The zero-order valence-corrected chi connectivity index (χ0v) is 14.3. The second kappa shape index (κ2) is 6.64. The van der Waals surface area contributed by atoms with Gasteiger partial charge in [0.05, 0.1) is 0 Å². The Bertz CT molecular complexity index is 627. The average Bonchev–Trinajstić information content (AvgIpc) is 2.34. The van der Waals surface area contributed by atoms with Crippen LogP contribution in [0.3, 0.4) is 0 Å². The normalized spacial score (nSPS) is 16.7. The van der Waals surface area contributed by atoms with Crippen molar-refractivity contribution in [3.8, 4) is 0 Å². The molecule has 0 spiro atoms. The van der Waals surface area contributed by atoms with Gasteiger partial charge in [-0.25, -0.2) is 0 Å². The molecule has 19 heteroatoms. The van der Waals surface area contributed by atoms with E-state index in [1.165, 1.54) is 0 Å². The maximum atomic E-state index is 13.2. The minimum absolute atomic E-state index is 0.174. The number of alkyl halides is 14. The van der Waals surface area contributed by atoms with E-state index in [1.807, 2.05) is 0 Å². The van der Waals surface area contributed by atoms with Crippen molar-refractivity contribution < 1.29 is 71.4 Å². The number of rotatable bonds is 7. The van der Waals surface area contributed by atoms with Gasteiger partial charge in [-0.3, -0.25) is 0 Å². The fourth-order valence-electron chi connectivity index (χ4n) is 1.000. The molecule has 0 aromatic rings. The van der Waals surface area contributed by atoms with Gasteiger partial charge in [0.1, 0.15) is 0 Å². The Morgan fingerprint density at radius 2 is 1.00 bits per heavy atom. The Kier molecular flexibility index (Phi) is 6.56. The van der Waals surface area contributed by atoms with Gasteiger partial charge >= 0.3 is 142 Å². The summed E-state index contributed by atoms with van der Waals surface area (Å²) >= 11 is -6.64. The van der Waals surface area contributed by atoms with Crippen LogP contribution in [-0.2, 0) is 12.6 Å². The molecular weight excluding hydrogens is 554 g/mol. The van der Waals surface area contributed by atoms with E-state index < -0.39 is 64.6 Å². The van der Waals surface area contributed by atoms with E-state index in [1.54, 1.807) is 0 Å². The first-order valence-electron chi connectivity index (χ1n) is 5.13. The molecular formula is C7H4F13IO4S. The van der Waals surface area contributed by atoms with Gasteiger partial charge < -0.3 is 0 Å². The number of hydrogen-bond acceptors (Lipinski definition) is 4. The zero-order chi connectivity index (χ0) is 21.8. The molecule has 0 aliphatic rings. The SMILES string of the molecule is CS(=O)(=O)OI(O)C(F)(F)C(F)(F)C(F)(F)C(F)(F)C(F)(F)C(F)(F)F. The first-order valence-corrected chi connectivity index (χ1v) is 9.87. The van der Waals surface area contributed by atoms with Gasteiger partial charge in [0.2, 0.25) is 0 Å². The van der Waals surface area contributed by atoms with Crippen LogP contribution < -0.4 is 0 Å². The Morgan fingerprint density at radius 3 is 1.27 bits per heavy atom. The van der Waals surface area contributed by atoms with Gasteiger partial charge in [-0.05, 0) is 0 Å². The van der Waals surface area contributed by atoms with Gasteiger partial charge in [0.15, 0.2) is 0 Å². The van der Waals surface area contributed by atoms with E-state index in [-0.39, 0.29) is 6.26 Å². The van der Waals surface area contributed by atoms with Crippen molar-refractivity contribution in [2.45, 2.75) is 33.8 Å². The first kappa shape index (κ1) is 25.7. The van der Waals surface area contributed by atoms with Crippen LogP contribution in [0.4, 0.5) is 57.1 Å². The molecule has 0 atom stereocenters. The number of halogens is 14. The molecule has 0 aliphatic carbocycles. The van der Waals surface area contributed by atoms with Crippen LogP contribution in [0.5, 0.6) is 0 Å². The van der Waals surface area contributed by atoms with Crippen molar-refractivity contribution in [3.05, 3.63) is 0 Å². The minimum atomic E-state index is -8.13. The monoisotopic (exact) mass is 558 g/mol. The molecule has 0 radical (unpaired) electrons. The fourth-order valence-corrected chi connectivity index (χ4v) is 4.75. The van der Waals surface area contributed by atoms with Crippen LogP contribution in [-0.4, -0.2) is 51.9 Å². The van der Waals surface area contributed by atoms with Crippen molar-refractivity contribution in [2.75, 3.05) is 6.26 Å². The Balaban J connectivity index is 6.32. The second-order valence-corrected chi connectivity index (χ2v) is 9.58. The predicted molar refractivity (Wildman–Crippen MR) is 63.0 cm³/mol. The third kappa shape index (κ3) is 3.93. The summed E-state index contributed by atoms with van der Waals surface area (Å²) in [4.78, 5) is 0. The van der Waals surface area contributed by atoms with Crippen molar-refractivity contribution >= 4 is 30.8 Å².